The summed E-state index contributed by atoms with van der Waals surface area (Å²) in [4.78, 5) is 28.4. The molecule has 1 aromatic rings. The highest BCUT2D eigenvalue weighted by molar-refractivity contribution is 5.92. The number of hydrogen-bond donors (Lipinski definition) is 2. The summed E-state index contributed by atoms with van der Waals surface area (Å²) in [6, 6.07) is 5.16. The lowest BCUT2D eigenvalue weighted by molar-refractivity contribution is -0.274. The summed E-state index contributed by atoms with van der Waals surface area (Å²) in [6.45, 7) is 4.77. The Balaban J connectivity index is 1.39. The highest BCUT2D eigenvalue weighted by Gasteiger charge is 2.31. The number of carbonyl (C=O) groups excluding carboxylic acids is 2. The lowest BCUT2D eigenvalue weighted by Crippen LogP contribution is -2.55. The number of anilines is 1. The molecular weight excluding hydrogens is 389 g/mol. The number of hydrogen-bond acceptors (Lipinski definition) is 5. The van der Waals surface area contributed by atoms with Crippen molar-refractivity contribution >= 4 is 17.5 Å². The predicted molar refractivity (Wildman–Crippen MR) is 100 cm³/mol. The van der Waals surface area contributed by atoms with Gasteiger partial charge in [0.25, 0.3) is 0 Å². The molecule has 1 saturated carbocycles. The largest absolute Gasteiger partial charge is 0.573 e. The zero-order chi connectivity index (χ0) is 21.0. The fraction of sp³-hybridized carbons (Fsp3) is 0.579. The molecule has 10 heteroatoms. The van der Waals surface area contributed by atoms with Crippen LogP contribution in [0.3, 0.4) is 0 Å². The number of nitrogens with zero attached hydrogens (tertiary/aromatic N) is 2. The number of nitrogens with one attached hydrogen (secondary N) is 2. The van der Waals surface area contributed by atoms with E-state index in [0.717, 1.165) is 25.0 Å². The summed E-state index contributed by atoms with van der Waals surface area (Å²) in [5.41, 5.74) is 0.397. The number of piperazine rings is 1. The molecule has 0 unspecified atom stereocenters. The first-order chi connectivity index (χ1) is 13.7. The third-order valence-corrected chi connectivity index (χ3v) is 5.00. The zero-order valence-corrected chi connectivity index (χ0v) is 16.2. The minimum absolute atomic E-state index is 0.0524. The van der Waals surface area contributed by atoms with Crippen LogP contribution < -0.4 is 15.4 Å². The summed E-state index contributed by atoms with van der Waals surface area (Å²) in [6.07, 6.45) is -2.64. The van der Waals surface area contributed by atoms with Gasteiger partial charge in [0.05, 0.1) is 12.6 Å². The summed E-state index contributed by atoms with van der Waals surface area (Å²) in [7, 11) is 0. The number of rotatable bonds is 7. The molecule has 7 nitrogen and oxygen atoms in total. The topological polar surface area (TPSA) is 73.9 Å². The molecule has 1 aliphatic carbocycles. The van der Waals surface area contributed by atoms with Gasteiger partial charge in [0.1, 0.15) is 5.75 Å². The Morgan fingerprint density at radius 3 is 2.31 bits per heavy atom. The molecule has 1 saturated heterocycles. The van der Waals surface area contributed by atoms with Gasteiger partial charge in [-0.25, -0.2) is 0 Å². The molecule has 1 aromatic carbocycles. The van der Waals surface area contributed by atoms with Gasteiger partial charge >= 0.3 is 6.36 Å². The molecule has 3 rings (SSSR count). The van der Waals surface area contributed by atoms with Gasteiger partial charge in [0.15, 0.2) is 0 Å². The van der Waals surface area contributed by atoms with Crippen LogP contribution >= 0.6 is 0 Å². The van der Waals surface area contributed by atoms with E-state index in [0.29, 0.717) is 37.9 Å². The third-order valence-electron chi connectivity index (χ3n) is 5.00. The van der Waals surface area contributed by atoms with Crippen LogP contribution in [0.15, 0.2) is 24.3 Å². The molecule has 2 fully saturated rings. The normalized spacial score (nSPS) is 19.4. The number of carbonyl (C=O) groups is 2. The summed E-state index contributed by atoms with van der Waals surface area (Å²) in [5, 5.41) is 5.67. The summed E-state index contributed by atoms with van der Waals surface area (Å²) < 4.78 is 40.3. The second-order valence-corrected chi connectivity index (χ2v) is 7.39. The van der Waals surface area contributed by atoms with E-state index in [1.54, 1.807) is 0 Å². The van der Waals surface area contributed by atoms with Gasteiger partial charge in [-0.2, -0.15) is 0 Å². The highest BCUT2D eigenvalue weighted by Crippen LogP contribution is 2.24. The Labute approximate surface area is 167 Å². The van der Waals surface area contributed by atoms with Gasteiger partial charge in [-0.3, -0.25) is 19.4 Å². The van der Waals surface area contributed by atoms with Gasteiger partial charge in [-0.15, -0.1) is 13.2 Å². The first-order valence-electron chi connectivity index (χ1n) is 9.62. The van der Waals surface area contributed by atoms with Crippen LogP contribution in [0.4, 0.5) is 18.9 Å². The van der Waals surface area contributed by atoms with Crippen LogP contribution in [0, 0.1) is 0 Å². The van der Waals surface area contributed by atoms with Crippen molar-refractivity contribution in [2.45, 2.75) is 38.2 Å². The van der Waals surface area contributed by atoms with E-state index < -0.39 is 6.36 Å². The van der Waals surface area contributed by atoms with Gasteiger partial charge < -0.3 is 15.4 Å². The Morgan fingerprint density at radius 2 is 1.76 bits per heavy atom. The van der Waals surface area contributed by atoms with Gasteiger partial charge in [0, 0.05) is 37.9 Å². The zero-order valence-electron chi connectivity index (χ0n) is 16.2. The molecule has 2 amide bonds. The quantitative estimate of drug-likeness (QED) is 0.712. The first kappa shape index (κ1) is 21.4. The summed E-state index contributed by atoms with van der Waals surface area (Å²) >= 11 is 0. The van der Waals surface area contributed by atoms with Crippen LogP contribution in [0.25, 0.3) is 0 Å². The van der Waals surface area contributed by atoms with Crippen molar-refractivity contribution in [1.29, 1.82) is 0 Å². The molecule has 2 aliphatic rings. The minimum atomic E-state index is -4.75. The molecule has 1 heterocycles. The monoisotopic (exact) mass is 414 g/mol. The molecule has 29 heavy (non-hydrogen) atoms. The maximum Gasteiger partial charge on any atom is 0.573 e. The molecule has 1 atom stereocenters. The SMILES string of the molecule is C[C@H](C(=O)NC1CC1)N1CCN(CC(=O)Nc2ccc(OC(F)(F)F)cc2)CC1. The molecule has 1 aliphatic heterocycles. The number of benzene rings is 1. The van der Waals surface area contributed by atoms with E-state index in [-0.39, 0.29) is 30.2 Å². The second-order valence-electron chi connectivity index (χ2n) is 7.39. The van der Waals surface area contributed by atoms with E-state index >= 15 is 0 Å². The maximum atomic E-state index is 12.2. The van der Waals surface area contributed by atoms with Gasteiger partial charge in [0.2, 0.25) is 11.8 Å². The smallest absolute Gasteiger partial charge is 0.406 e. The van der Waals surface area contributed by atoms with E-state index in [4.69, 9.17) is 0 Å². The fourth-order valence-corrected chi connectivity index (χ4v) is 3.17. The maximum absolute atomic E-state index is 12.2. The average Bonchev–Trinajstić information content (AvgIpc) is 3.46. The minimum Gasteiger partial charge on any atom is -0.406 e. The van der Waals surface area contributed by atoms with Gasteiger partial charge in [-0.05, 0) is 44.0 Å². The lowest BCUT2D eigenvalue weighted by atomic mass is 10.2. The standard InChI is InChI=1S/C19H25F3N4O3/c1-13(18(28)24-15-2-3-15)26-10-8-25(9-11-26)12-17(27)23-14-4-6-16(7-5-14)29-19(20,21)22/h4-7,13,15H,2-3,8-12H2,1H3,(H,23,27)(H,24,28)/t13-/m1/s1. The van der Waals surface area contributed by atoms with E-state index in [1.807, 2.05) is 11.8 Å². The predicted octanol–water partition coefficient (Wildman–Crippen LogP) is 1.81. The number of alkyl halides is 3. The van der Waals surface area contributed by atoms with Crippen LogP contribution in [0.1, 0.15) is 19.8 Å². The molecule has 160 valence electrons. The van der Waals surface area contributed by atoms with Crippen molar-refractivity contribution in [1.82, 2.24) is 15.1 Å². The average molecular weight is 414 g/mol. The van der Waals surface area contributed by atoms with Crippen molar-refractivity contribution in [2.24, 2.45) is 0 Å². The molecule has 0 radical (unpaired) electrons. The van der Waals surface area contributed by atoms with Crippen LogP contribution in [-0.4, -0.2) is 72.8 Å². The second kappa shape index (κ2) is 9.00. The van der Waals surface area contributed by atoms with Crippen molar-refractivity contribution < 1.29 is 27.5 Å². The van der Waals surface area contributed by atoms with Crippen molar-refractivity contribution in [3.63, 3.8) is 0 Å². The van der Waals surface area contributed by atoms with E-state index in [1.165, 1.54) is 12.1 Å². The number of halogens is 3. The Hall–Kier alpha value is -2.33. The Morgan fingerprint density at radius 1 is 1.14 bits per heavy atom. The molecular formula is C19H25F3N4O3. The van der Waals surface area contributed by atoms with Crippen LogP contribution in [-0.2, 0) is 9.59 Å². The third kappa shape index (κ3) is 6.90. The van der Waals surface area contributed by atoms with Crippen molar-refractivity contribution in [3.05, 3.63) is 24.3 Å². The molecule has 0 bridgehead atoms. The van der Waals surface area contributed by atoms with Crippen molar-refractivity contribution in [2.75, 3.05) is 38.0 Å². The van der Waals surface area contributed by atoms with Crippen LogP contribution in [0.5, 0.6) is 5.75 Å². The first-order valence-corrected chi connectivity index (χ1v) is 9.62. The molecule has 0 spiro atoms. The van der Waals surface area contributed by atoms with Crippen molar-refractivity contribution in [3.8, 4) is 5.75 Å². The fourth-order valence-electron chi connectivity index (χ4n) is 3.17. The summed E-state index contributed by atoms with van der Waals surface area (Å²) in [5.74, 6) is -0.537. The molecule has 2 N–H and O–H groups in total. The van der Waals surface area contributed by atoms with E-state index in [2.05, 4.69) is 20.3 Å². The Kier molecular flexibility index (Phi) is 6.63. The van der Waals surface area contributed by atoms with Crippen LogP contribution in [0.2, 0.25) is 0 Å². The number of amides is 2. The van der Waals surface area contributed by atoms with E-state index in [9.17, 15) is 22.8 Å². The van der Waals surface area contributed by atoms with Gasteiger partial charge in [-0.1, -0.05) is 0 Å². The highest BCUT2D eigenvalue weighted by atomic mass is 19.4. The number of ether oxygens (including phenoxy) is 1. The Bertz CT molecular complexity index is 714. The molecule has 0 aromatic heterocycles. The lowest BCUT2D eigenvalue weighted by Gasteiger charge is -2.37.